The number of carbonyl (C=O) groups excluding carboxylic acids is 2. The smallest absolute Gasteiger partial charge is 0.323 e. The molecule has 1 aliphatic heterocycles. The molecule has 16 heteroatoms. The van der Waals surface area contributed by atoms with Gasteiger partial charge < -0.3 is 39.8 Å². The summed E-state index contributed by atoms with van der Waals surface area (Å²) >= 11 is 3.13. The Morgan fingerprint density at radius 1 is 0.627 bits per heavy atom. The predicted molar refractivity (Wildman–Crippen MR) is 337 cm³/mol. The second-order valence-electron chi connectivity index (χ2n) is 19.0. The van der Waals surface area contributed by atoms with Crippen molar-refractivity contribution in [2.75, 3.05) is 38.8 Å². The Kier molecular flexibility index (Phi) is 56.2. The molecule has 4 rings (SSSR count). The molecule has 4 N–H and O–H groups in total. The zero-order valence-corrected chi connectivity index (χ0v) is 49.6. The Bertz CT molecular complexity index is 1790. The lowest BCUT2D eigenvalue weighted by atomic mass is 10.0. The molecule has 0 unspecified atom stereocenters. The lowest BCUT2D eigenvalue weighted by Crippen LogP contribution is -2.34. The number of hydrogen-bond acceptors (Lipinski definition) is 10. The van der Waals surface area contributed by atoms with Gasteiger partial charge in [-0.25, -0.2) is 0 Å². The van der Waals surface area contributed by atoms with Crippen LogP contribution >= 0.6 is 56.4 Å². The van der Waals surface area contributed by atoms with E-state index in [0.717, 1.165) is 39.3 Å². The van der Waals surface area contributed by atoms with Crippen molar-refractivity contribution in [1.82, 2.24) is 5.32 Å². The average Bonchev–Trinajstić information content (AvgIpc) is 3.29. The van der Waals surface area contributed by atoms with Crippen LogP contribution in [0.15, 0.2) is 111 Å². The SMILES string of the molecule is C.C.C.C1CCNCC1.C=CCBr.C=CCOC(=O)[C@@H](C)Cc1ccc(OC(C)(C)C)cc1.C=CCOC(=O)[C@@H](N)Cc1ccc(OC(C)(C)C)cc1.C[C@@H](Cc1ccc(OC(C)(C)C)cc1)C(=O)O.S.S.S.[2H]CF. The van der Waals surface area contributed by atoms with Crippen LogP contribution in [0.3, 0.4) is 0 Å². The average molecular weight is 1180 g/mol. The summed E-state index contributed by atoms with van der Waals surface area (Å²) in [6.07, 6.45) is 10.7. The van der Waals surface area contributed by atoms with Gasteiger partial charge in [0, 0.05) is 5.33 Å². The number of carboxylic acid groups (broad SMARTS) is 1. The minimum atomic E-state index is -1.00. The first-order chi connectivity index (χ1) is 32.7. The number of esters is 2. The minimum Gasteiger partial charge on any atom is -0.488 e. The van der Waals surface area contributed by atoms with Crippen LogP contribution < -0.4 is 25.3 Å². The van der Waals surface area contributed by atoms with Gasteiger partial charge in [-0.3, -0.25) is 18.8 Å². The summed E-state index contributed by atoms with van der Waals surface area (Å²) in [5.74, 6) is 0.546. The van der Waals surface area contributed by atoms with E-state index in [1.807, 2.05) is 142 Å². The topological polar surface area (TPSA) is 156 Å². The van der Waals surface area contributed by atoms with E-state index in [1.165, 1.54) is 38.4 Å². The third kappa shape index (κ3) is 50.6. The number of benzene rings is 3. The van der Waals surface area contributed by atoms with Crippen molar-refractivity contribution in [3.63, 3.8) is 0 Å². The molecule has 436 valence electrons. The second-order valence-corrected chi connectivity index (χ2v) is 19.7. The van der Waals surface area contributed by atoms with E-state index in [9.17, 15) is 18.8 Å². The van der Waals surface area contributed by atoms with Crippen molar-refractivity contribution in [1.29, 1.82) is 0 Å². The normalized spacial score (nSPS) is 12.2. The number of ether oxygens (including phenoxy) is 5. The van der Waals surface area contributed by atoms with Gasteiger partial charge in [-0.05, 0) is 161 Å². The first-order valence-corrected chi connectivity index (χ1v) is 24.5. The van der Waals surface area contributed by atoms with Gasteiger partial charge in [0.15, 0.2) is 0 Å². The van der Waals surface area contributed by atoms with E-state index in [-0.39, 0.29) is 111 Å². The van der Waals surface area contributed by atoms with Crippen LogP contribution in [-0.4, -0.2) is 84.6 Å². The Morgan fingerprint density at radius 2 is 0.920 bits per heavy atom. The highest BCUT2D eigenvalue weighted by Crippen LogP contribution is 2.22. The standard InChI is InChI=1S/C17H24O3.C16H23NO3.C14H20O3.C5H11N.C3H5Br.CH3F.3CH4.3H2S/c1-6-11-19-16(18)13(2)12-14-7-9-15(10-8-14)20-17(3,4)5;1-5-10-19-15(18)14(17)11-12-6-8-13(9-7-12)20-16(2,3)4;1-10(13(15)16)9-11-5-7-12(8-6-11)17-14(2,3)4;1-2-4-6-5-3-1;1-2-3-4;1-2;;;;;;/h6-10,13H,1,11-12H2,2-5H3;5-9,14H,1,10-11,17H2,2-4H3;5-8,10H,9H2,1-4H3,(H,15,16);6H,1-5H2;2H,1,3H2;1H3;3*1H4;3*1H2/t13-;14-;10-;;;;;;;;;/m000........./s1/i;;;;;1D;;;;;;. The van der Waals surface area contributed by atoms with Crippen LogP contribution in [0, 0.1) is 11.8 Å². The van der Waals surface area contributed by atoms with Crippen LogP contribution in [0.5, 0.6) is 17.2 Å². The van der Waals surface area contributed by atoms with Crippen LogP contribution in [0.2, 0.25) is 0 Å². The van der Waals surface area contributed by atoms with Gasteiger partial charge in [0.2, 0.25) is 0 Å². The van der Waals surface area contributed by atoms with Crippen molar-refractivity contribution >= 4 is 74.3 Å². The monoisotopic (exact) mass is 1180 g/mol. The highest BCUT2D eigenvalue weighted by molar-refractivity contribution is 9.09. The van der Waals surface area contributed by atoms with Gasteiger partial charge in [0.25, 0.3) is 0 Å². The third-order valence-corrected chi connectivity index (χ3v) is 9.17. The molecular formula is C59H104BrFN2O9S3. The Balaban J connectivity index is -0.000000131. The molecule has 3 atom stereocenters. The van der Waals surface area contributed by atoms with Crippen LogP contribution in [0.25, 0.3) is 0 Å². The van der Waals surface area contributed by atoms with Crippen molar-refractivity contribution < 1.29 is 48.9 Å². The number of carboxylic acids is 1. The highest BCUT2D eigenvalue weighted by Gasteiger charge is 2.18. The zero-order valence-electron chi connectivity index (χ0n) is 46.0. The van der Waals surface area contributed by atoms with Crippen LogP contribution in [0.1, 0.15) is 136 Å². The molecule has 0 saturated carbocycles. The second kappa shape index (κ2) is 49.6. The van der Waals surface area contributed by atoms with Crippen molar-refractivity contribution in [3.8, 4) is 17.2 Å². The molecule has 0 radical (unpaired) electrons. The molecule has 0 spiro atoms. The van der Waals surface area contributed by atoms with Gasteiger partial charge in [-0.2, -0.15) is 40.5 Å². The van der Waals surface area contributed by atoms with Crippen LogP contribution in [-0.2, 0) is 43.1 Å². The highest BCUT2D eigenvalue weighted by atomic mass is 79.9. The maximum absolute atomic E-state index is 11.7. The number of halogens is 2. The van der Waals surface area contributed by atoms with Crippen molar-refractivity contribution in [3.05, 3.63) is 127 Å². The summed E-state index contributed by atoms with van der Waals surface area (Å²) in [5, 5.41) is 13.0. The number of hydrogen-bond donors (Lipinski definition) is 3. The Hall–Kier alpha value is -3.93. The minimum absolute atomic E-state index is 0. The zero-order chi connectivity index (χ0) is 53.8. The van der Waals surface area contributed by atoms with Crippen LogP contribution in [0.4, 0.5) is 4.39 Å². The molecule has 3 aromatic rings. The number of nitrogens with one attached hydrogen (secondary N) is 1. The molecule has 75 heavy (non-hydrogen) atoms. The summed E-state index contributed by atoms with van der Waals surface area (Å²) in [4.78, 5) is 33.9. The molecule has 3 aromatic carbocycles. The van der Waals surface area contributed by atoms with Crippen molar-refractivity contribution in [2.45, 2.75) is 160 Å². The van der Waals surface area contributed by atoms with Gasteiger partial charge in [0.05, 0.1) is 20.4 Å². The lowest BCUT2D eigenvalue weighted by Gasteiger charge is -2.21. The quantitative estimate of drug-likeness (QED) is 0.0672. The molecular weight excluding hydrogens is 1080 g/mol. The number of allylic oxidation sites excluding steroid dienone is 1. The summed E-state index contributed by atoms with van der Waals surface area (Å²) in [5.41, 5.74) is 8.22. The summed E-state index contributed by atoms with van der Waals surface area (Å²) in [6.45, 7) is 35.0. The summed E-state index contributed by atoms with van der Waals surface area (Å²) in [6, 6.07) is 22.3. The number of nitrogens with two attached hydrogens (primary N) is 1. The maximum atomic E-state index is 11.7. The fourth-order valence-electron chi connectivity index (χ4n) is 5.69. The first kappa shape index (κ1) is 85.0. The molecule has 11 nitrogen and oxygen atoms in total. The van der Waals surface area contributed by atoms with Gasteiger partial charge in [0.1, 0.15) is 53.3 Å². The number of aliphatic carboxylic acids is 1. The molecule has 1 aliphatic rings. The third-order valence-electron chi connectivity index (χ3n) is 8.71. The predicted octanol–water partition coefficient (Wildman–Crippen LogP) is 14.5. The summed E-state index contributed by atoms with van der Waals surface area (Å²) < 4.78 is 42.6. The number of alkyl halides is 2. The molecule has 0 amide bonds. The fraction of sp³-hybridized carbons (Fsp3) is 0.542. The largest absolute Gasteiger partial charge is 0.488 e. The van der Waals surface area contributed by atoms with Gasteiger partial charge in [-0.1, -0.05) is 126 Å². The van der Waals surface area contributed by atoms with Gasteiger partial charge >= 0.3 is 17.9 Å². The first-order valence-electron chi connectivity index (χ1n) is 24.0. The number of carbonyl (C=O) groups is 3. The molecule has 1 heterocycles. The summed E-state index contributed by atoms with van der Waals surface area (Å²) in [7, 11) is -1.00. The molecule has 1 saturated heterocycles. The van der Waals surface area contributed by atoms with E-state index >= 15 is 0 Å². The van der Waals surface area contributed by atoms with Crippen molar-refractivity contribution in [2.24, 2.45) is 17.6 Å². The molecule has 0 bridgehead atoms. The number of piperidine rings is 1. The van der Waals surface area contributed by atoms with Gasteiger partial charge in [-0.15, -0.1) is 6.58 Å². The fourth-order valence-corrected chi connectivity index (χ4v) is 5.69. The van der Waals surface area contributed by atoms with E-state index < -0.39 is 25.1 Å². The number of rotatable bonds is 17. The molecule has 0 aromatic heterocycles. The van der Waals surface area contributed by atoms with E-state index in [4.69, 9.17) is 35.9 Å². The lowest BCUT2D eigenvalue weighted by molar-refractivity contribution is -0.146. The Morgan fingerprint density at radius 3 is 1.16 bits per heavy atom. The van der Waals surface area contributed by atoms with E-state index in [0.29, 0.717) is 19.3 Å². The molecule has 0 aliphatic carbocycles. The van der Waals surface area contributed by atoms with E-state index in [2.05, 4.69) is 41.0 Å². The van der Waals surface area contributed by atoms with E-state index in [1.54, 1.807) is 19.1 Å². The maximum Gasteiger partial charge on any atom is 0.323 e. The molecule has 1 fully saturated rings. The Labute approximate surface area is 486 Å².